The summed E-state index contributed by atoms with van der Waals surface area (Å²) in [6.45, 7) is 3.33. The van der Waals surface area contributed by atoms with Crippen molar-refractivity contribution in [3.63, 3.8) is 0 Å². The molecule has 0 aliphatic carbocycles. The Morgan fingerprint density at radius 1 is 1.20 bits per heavy atom. The Kier molecular flexibility index (Phi) is 4.98. The Labute approximate surface area is 158 Å². The summed E-state index contributed by atoms with van der Waals surface area (Å²) in [7, 11) is 0. The van der Waals surface area contributed by atoms with Crippen LogP contribution in [-0.2, 0) is 14.3 Å². The average Bonchev–Trinajstić information content (AvgIpc) is 2.92. The largest absolute Gasteiger partial charge is 0.427 e. The minimum Gasteiger partial charge on any atom is -0.427 e. The predicted molar refractivity (Wildman–Crippen MR) is 102 cm³/mol. The molecule has 1 heterocycles. The van der Waals surface area contributed by atoms with Crippen molar-refractivity contribution in [2.45, 2.75) is 13.8 Å². The SMILES string of the molecule is CC(=O)Oc1ccc(/C=C2\N=C(c3ccc(I)c(C)c3)OC2=O)cc1. The Morgan fingerprint density at radius 3 is 2.56 bits per heavy atom. The van der Waals surface area contributed by atoms with Crippen LogP contribution in [-0.4, -0.2) is 17.8 Å². The van der Waals surface area contributed by atoms with Crippen LogP contribution in [0.25, 0.3) is 6.08 Å². The Morgan fingerprint density at radius 2 is 1.92 bits per heavy atom. The highest BCUT2D eigenvalue weighted by molar-refractivity contribution is 14.1. The fraction of sp³-hybridized carbons (Fsp3) is 0.105. The van der Waals surface area contributed by atoms with Crippen LogP contribution in [0.3, 0.4) is 0 Å². The summed E-state index contributed by atoms with van der Waals surface area (Å²) >= 11 is 2.25. The lowest BCUT2D eigenvalue weighted by Crippen LogP contribution is -2.05. The normalized spacial score (nSPS) is 15.1. The fourth-order valence-electron chi connectivity index (χ4n) is 2.27. The van der Waals surface area contributed by atoms with Crippen molar-refractivity contribution in [2.24, 2.45) is 4.99 Å². The third-order valence-electron chi connectivity index (χ3n) is 3.47. The zero-order chi connectivity index (χ0) is 18.0. The van der Waals surface area contributed by atoms with E-state index in [9.17, 15) is 9.59 Å². The molecule has 0 saturated heterocycles. The number of hydrogen-bond donors (Lipinski definition) is 0. The molecule has 0 unspecified atom stereocenters. The molecular formula is C19H14INO4. The smallest absolute Gasteiger partial charge is 0.363 e. The molecule has 0 spiro atoms. The first-order valence-electron chi connectivity index (χ1n) is 7.50. The standard InChI is InChI=1S/C19H14INO4/c1-11-9-14(5-8-16(11)20)18-21-17(19(23)25-18)10-13-3-6-15(7-4-13)24-12(2)22/h3-10H,1-2H3/b17-10-. The van der Waals surface area contributed by atoms with Gasteiger partial charge in [-0.2, -0.15) is 0 Å². The molecule has 0 radical (unpaired) electrons. The number of nitrogens with zero attached hydrogens (tertiary/aromatic N) is 1. The molecule has 0 aromatic heterocycles. The highest BCUT2D eigenvalue weighted by Gasteiger charge is 2.24. The third-order valence-corrected chi connectivity index (χ3v) is 4.68. The molecule has 1 aliphatic rings. The fourth-order valence-corrected chi connectivity index (χ4v) is 2.60. The van der Waals surface area contributed by atoms with Gasteiger partial charge in [-0.15, -0.1) is 0 Å². The monoisotopic (exact) mass is 447 g/mol. The van der Waals surface area contributed by atoms with Gasteiger partial charge in [0.15, 0.2) is 5.70 Å². The molecule has 0 saturated carbocycles. The second-order valence-electron chi connectivity index (χ2n) is 5.46. The number of aryl methyl sites for hydroxylation is 1. The van der Waals surface area contributed by atoms with E-state index >= 15 is 0 Å². The van der Waals surface area contributed by atoms with Crippen molar-refractivity contribution in [1.29, 1.82) is 0 Å². The molecule has 1 aliphatic heterocycles. The van der Waals surface area contributed by atoms with Crippen LogP contribution in [0.5, 0.6) is 5.75 Å². The van der Waals surface area contributed by atoms with E-state index in [0.29, 0.717) is 11.6 Å². The van der Waals surface area contributed by atoms with E-state index in [0.717, 1.165) is 20.3 Å². The van der Waals surface area contributed by atoms with Gasteiger partial charge >= 0.3 is 11.9 Å². The number of carbonyl (C=O) groups is 2. The number of hydrogen-bond acceptors (Lipinski definition) is 5. The van der Waals surface area contributed by atoms with E-state index in [4.69, 9.17) is 9.47 Å². The Bertz CT molecular complexity index is 914. The second kappa shape index (κ2) is 7.18. The topological polar surface area (TPSA) is 65.0 Å². The zero-order valence-electron chi connectivity index (χ0n) is 13.6. The van der Waals surface area contributed by atoms with Crippen LogP contribution in [0.2, 0.25) is 0 Å². The molecule has 126 valence electrons. The lowest BCUT2D eigenvalue weighted by molar-refractivity contribution is -0.132. The van der Waals surface area contributed by atoms with Gasteiger partial charge in [0.1, 0.15) is 5.75 Å². The van der Waals surface area contributed by atoms with E-state index in [1.165, 1.54) is 6.92 Å². The number of cyclic esters (lactones) is 1. The zero-order valence-corrected chi connectivity index (χ0v) is 15.7. The molecule has 3 rings (SSSR count). The van der Waals surface area contributed by atoms with Gasteiger partial charge in [0.05, 0.1) is 0 Å². The van der Waals surface area contributed by atoms with Crippen molar-refractivity contribution in [2.75, 3.05) is 0 Å². The highest BCUT2D eigenvalue weighted by atomic mass is 127. The van der Waals surface area contributed by atoms with E-state index in [-0.39, 0.29) is 11.7 Å². The summed E-state index contributed by atoms with van der Waals surface area (Å²) in [6.07, 6.45) is 1.63. The quantitative estimate of drug-likeness (QED) is 0.310. The molecule has 0 N–H and O–H groups in total. The number of carbonyl (C=O) groups excluding carboxylic acids is 2. The second-order valence-corrected chi connectivity index (χ2v) is 6.62. The first-order valence-corrected chi connectivity index (χ1v) is 8.58. The lowest BCUT2D eigenvalue weighted by atomic mass is 10.1. The molecule has 0 bridgehead atoms. The van der Waals surface area contributed by atoms with Crippen molar-refractivity contribution >= 4 is 46.5 Å². The number of halogens is 1. The Balaban J connectivity index is 1.85. The maximum atomic E-state index is 12.1. The van der Waals surface area contributed by atoms with Crippen molar-refractivity contribution in [3.8, 4) is 5.75 Å². The van der Waals surface area contributed by atoms with Gasteiger partial charge in [-0.3, -0.25) is 4.79 Å². The van der Waals surface area contributed by atoms with E-state index in [1.807, 2.05) is 25.1 Å². The van der Waals surface area contributed by atoms with Gasteiger partial charge in [-0.1, -0.05) is 12.1 Å². The summed E-state index contributed by atoms with van der Waals surface area (Å²) < 4.78 is 11.4. The van der Waals surface area contributed by atoms with Gasteiger partial charge in [0.2, 0.25) is 5.90 Å². The summed E-state index contributed by atoms with van der Waals surface area (Å²) in [6, 6.07) is 12.5. The molecule has 6 heteroatoms. The maximum absolute atomic E-state index is 12.1. The molecule has 5 nitrogen and oxygen atoms in total. The Hall–Kier alpha value is -2.48. The number of aliphatic imine (C=N–C) groups is 1. The summed E-state index contributed by atoms with van der Waals surface area (Å²) in [5, 5.41) is 0. The van der Waals surface area contributed by atoms with Crippen LogP contribution in [0.4, 0.5) is 0 Å². The molecule has 25 heavy (non-hydrogen) atoms. The van der Waals surface area contributed by atoms with E-state index in [1.54, 1.807) is 30.3 Å². The molecule has 0 fully saturated rings. The molecule has 2 aromatic carbocycles. The molecular weight excluding hydrogens is 433 g/mol. The predicted octanol–water partition coefficient (Wildman–Crippen LogP) is 3.87. The minimum atomic E-state index is -0.490. The van der Waals surface area contributed by atoms with Gasteiger partial charge in [-0.05, 0) is 77.0 Å². The van der Waals surface area contributed by atoms with E-state index in [2.05, 4.69) is 27.6 Å². The summed E-state index contributed by atoms with van der Waals surface area (Å²) in [4.78, 5) is 27.3. The van der Waals surface area contributed by atoms with Crippen LogP contribution < -0.4 is 4.74 Å². The first-order chi connectivity index (χ1) is 11.9. The van der Waals surface area contributed by atoms with Crippen molar-refractivity contribution < 1.29 is 19.1 Å². The maximum Gasteiger partial charge on any atom is 0.363 e. The first kappa shape index (κ1) is 17.3. The number of benzene rings is 2. The van der Waals surface area contributed by atoms with Crippen LogP contribution in [0.15, 0.2) is 53.2 Å². The average molecular weight is 447 g/mol. The van der Waals surface area contributed by atoms with Crippen LogP contribution >= 0.6 is 22.6 Å². The summed E-state index contributed by atoms with van der Waals surface area (Å²) in [5.74, 6) is -0.128. The van der Waals surface area contributed by atoms with Crippen molar-refractivity contribution in [1.82, 2.24) is 0 Å². The summed E-state index contributed by atoms with van der Waals surface area (Å²) in [5.41, 5.74) is 2.84. The van der Waals surface area contributed by atoms with Gasteiger partial charge in [0, 0.05) is 16.1 Å². The molecule has 2 aromatic rings. The highest BCUT2D eigenvalue weighted by Crippen LogP contribution is 2.22. The lowest BCUT2D eigenvalue weighted by Gasteiger charge is -2.02. The number of ether oxygens (including phenoxy) is 2. The third kappa shape index (κ3) is 4.14. The number of rotatable bonds is 3. The molecule has 0 amide bonds. The minimum absolute atomic E-state index is 0.228. The van der Waals surface area contributed by atoms with Crippen LogP contribution in [0.1, 0.15) is 23.6 Å². The van der Waals surface area contributed by atoms with E-state index < -0.39 is 5.97 Å². The van der Waals surface area contributed by atoms with Crippen LogP contribution in [0, 0.1) is 10.5 Å². The van der Waals surface area contributed by atoms with Gasteiger partial charge < -0.3 is 9.47 Å². The van der Waals surface area contributed by atoms with Crippen molar-refractivity contribution in [3.05, 3.63) is 68.4 Å². The van der Waals surface area contributed by atoms with Gasteiger partial charge in [-0.25, -0.2) is 9.79 Å². The molecule has 0 atom stereocenters. The van der Waals surface area contributed by atoms with Gasteiger partial charge in [0.25, 0.3) is 0 Å². The number of esters is 2.